The minimum absolute atomic E-state index is 0.0418. The second kappa shape index (κ2) is 8.10. The topological polar surface area (TPSA) is 41.6 Å². The van der Waals surface area contributed by atoms with Crippen LogP contribution in [-0.4, -0.2) is 43.7 Å². The highest BCUT2D eigenvalue weighted by Gasteiger charge is 2.30. The first kappa shape index (κ1) is 15.9. The number of amides is 1. The fourth-order valence-corrected chi connectivity index (χ4v) is 2.26. The molecular weight excluding hydrogens is 271 g/mol. The summed E-state index contributed by atoms with van der Waals surface area (Å²) in [5, 5.41) is 2.90. The maximum atomic E-state index is 12.9. The number of benzene rings is 1. The number of carbonyl (C=O) groups is 1. The SMILES string of the molecule is COCCCNC(=O)CN(Cc1ccc(F)cc1)C1CC1. The van der Waals surface area contributed by atoms with Gasteiger partial charge in [0.25, 0.3) is 0 Å². The van der Waals surface area contributed by atoms with Gasteiger partial charge in [-0.2, -0.15) is 0 Å². The number of rotatable bonds is 9. The van der Waals surface area contributed by atoms with E-state index in [9.17, 15) is 9.18 Å². The van der Waals surface area contributed by atoms with Gasteiger partial charge in [-0.3, -0.25) is 9.69 Å². The van der Waals surface area contributed by atoms with E-state index in [2.05, 4.69) is 10.2 Å². The number of ether oxygens (including phenoxy) is 1. The second-order valence-electron chi connectivity index (χ2n) is 5.46. The molecule has 0 unspecified atom stereocenters. The van der Waals surface area contributed by atoms with E-state index < -0.39 is 0 Å². The number of carbonyl (C=O) groups excluding carboxylic acids is 1. The Morgan fingerprint density at radius 2 is 2.10 bits per heavy atom. The molecule has 1 N–H and O–H groups in total. The van der Waals surface area contributed by atoms with Crippen LogP contribution < -0.4 is 5.32 Å². The lowest BCUT2D eigenvalue weighted by atomic mass is 10.2. The van der Waals surface area contributed by atoms with Crippen molar-refractivity contribution < 1.29 is 13.9 Å². The van der Waals surface area contributed by atoms with Gasteiger partial charge in [0.15, 0.2) is 0 Å². The van der Waals surface area contributed by atoms with Crippen LogP contribution in [0.25, 0.3) is 0 Å². The van der Waals surface area contributed by atoms with Gasteiger partial charge in [0.2, 0.25) is 5.91 Å². The first-order chi connectivity index (χ1) is 10.2. The summed E-state index contributed by atoms with van der Waals surface area (Å²) in [6, 6.07) is 6.97. The Morgan fingerprint density at radius 1 is 1.38 bits per heavy atom. The molecule has 116 valence electrons. The Kier molecular flexibility index (Phi) is 6.14. The van der Waals surface area contributed by atoms with E-state index in [4.69, 9.17) is 4.74 Å². The van der Waals surface area contributed by atoms with Gasteiger partial charge in [-0.1, -0.05) is 12.1 Å². The molecule has 1 aliphatic rings. The molecule has 1 fully saturated rings. The van der Waals surface area contributed by atoms with Gasteiger partial charge in [-0.25, -0.2) is 4.39 Å². The van der Waals surface area contributed by atoms with Gasteiger partial charge in [0.1, 0.15) is 5.82 Å². The van der Waals surface area contributed by atoms with Crippen molar-refractivity contribution in [2.45, 2.75) is 31.8 Å². The molecule has 0 saturated heterocycles. The average Bonchev–Trinajstić information content (AvgIpc) is 3.30. The van der Waals surface area contributed by atoms with Crippen molar-refractivity contribution in [2.75, 3.05) is 26.8 Å². The minimum Gasteiger partial charge on any atom is -0.385 e. The van der Waals surface area contributed by atoms with Gasteiger partial charge in [0.05, 0.1) is 6.54 Å². The maximum Gasteiger partial charge on any atom is 0.234 e. The monoisotopic (exact) mass is 294 g/mol. The third kappa shape index (κ3) is 5.81. The van der Waals surface area contributed by atoms with Gasteiger partial charge >= 0.3 is 0 Å². The molecule has 1 aromatic carbocycles. The van der Waals surface area contributed by atoms with Crippen molar-refractivity contribution in [3.63, 3.8) is 0 Å². The zero-order valence-electron chi connectivity index (χ0n) is 12.5. The van der Waals surface area contributed by atoms with Crippen molar-refractivity contribution in [3.8, 4) is 0 Å². The zero-order chi connectivity index (χ0) is 15.1. The summed E-state index contributed by atoms with van der Waals surface area (Å²) in [5.41, 5.74) is 1.04. The van der Waals surface area contributed by atoms with Crippen LogP contribution in [0.3, 0.4) is 0 Å². The lowest BCUT2D eigenvalue weighted by Gasteiger charge is -2.21. The summed E-state index contributed by atoms with van der Waals surface area (Å²) in [6.07, 6.45) is 3.10. The Balaban J connectivity index is 1.79. The molecule has 0 radical (unpaired) electrons. The number of hydrogen-bond acceptors (Lipinski definition) is 3. The van der Waals surface area contributed by atoms with Crippen molar-refractivity contribution in [2.24, 2.45) is 0 Å². The maximum absolute atomic E-state index is 12.9. The number of methoxy groups -OCH3 is 1. The summed E-state index contributed by atoms with van der Waals surface area (Å²) in [7, 11) is 1.65. The van der Waals surface area contributed by atoms with Crippen LogP contribution in [0.4, 0.5) is 4.39 Å². The average molecular weight is 294 g/mol. The first-order valence-electron chi connectivity index (χ1n) is 7.43. The zero-order valence-corrected chi connectivity index (χ0v) is 12.5. The molecule has 4 nitrogen and oxygen atoms in total. The van der Waals surface area contributed by atoms with Crippen LogP contribution in [0.2, 0.25) is 0 Å². The third-order valence-corrected chi connectivity index (χ3v) is 3.56. The van der Waals surface area contributed by atoms with Crippen molar-refractivity contribution in [1.29, 1.82) is 0 Å². The molecule has 0 heterocycles. The van der Waals surface area contributed by atoms with Crippen LogP contribution >= 0.6 is 0 Å². The second-order valence-corrected chi connectivity index (χ2v) is 5.46. The lowest BCUT2D eigenvalue weighted by molar-refractivity contribution is -0.122. The van der Waals surface area contributed by atoms with Crippen molar-refractivity contribution in [1.82, 2.24) is 10.2 Å². The highest BCUT2D eigenvalue weighted by Crippen LogP contribution is 2.28. The molecule has 1 saturated carbocycles. The first-order valence-corrected chi connectivity index (χ1v) is 7.43. The quantitative estimate of drug-likeness (QED) is 0.708. The lowest BCUT2D eigenvalue weighted by Crippen LogP contribution is -2.38. The standard InChI is InChI=1S/C16H23FN2O2/c1-21-10-2-9-18-16(20)12-19(15-7-8-15)11-13-3-5-14(17)6-4-13/h3-6,15H,2,7-12H2,1H3,(H,18,20). The number of halogens is 1. The third-order valence-electron chi connectivity index (χ3n) is 3.56. The van der Waals surface area contributed by atoms with Crippen molar-refractivity contribution in [3.05, 3.63) is 35.6 Å². The molecule has 0 aromatic heterocycles. The molecule has 1 aromatic rings. The molecule has 2 rings (SSSR count). The van der Waals surface area contributed by atoms with E-state index in [1.807, 2.05) is 0 Å². The van der Waals surface area contributed by atoms with Crippen LogP contribution in [-0.2, 0) is 16.1 Å². The van der Waals surface area contributed by atoms with Gasteiger partial charge in [0, 0.05) is 32.8 Å². The molecule has 0 atom stereocenters. The summed E-state index contributed by atoms with van der Waals surface area (Å²) in [5.74, 6) is -0.187. The number of nitrogens with one attached hydrogen (secondary N) is 1. The molecule has 0 aliphatic heterocycles. The van der Waals surface area contributed by atoms with Crippen molar-refractivity contribution >= 4 is 5.91 Å². The predicted molar refractivity (Wildman–Crippen MR) is 79.3 cm³/mol. The predicted octanol–water partition coefficient (Wildman–Crippen LogP) is 1.94. The Labute approximate surface area is 125 Å². The molecule has 0 spiro atoms. The van der Waals surface area contributed by atoms with E-state index in [1.54, 1.807) is 19.2 Å². The number of hydrogen-bond donors (Lipinski definition) is 1. The van der Waals surface area contributed by atoms with Crippen LogP contribution in [0.5, 0.6) is 0 Å². The van der Waals surface area contributed by atoms with Gasteiger partial charge in [-0.05, 0) is 37.0 Å². The summed E-state index contributed by atoms with van der Waals surface area (Å²) < 4.78 is 17.9. The van der Waals surface area contributed by atoms with E-state index in [-0.39, 0.29) is 11.7 Å². The Morgan fingerprint density at radius 3 is 2.71 bits per heavy atom. The molecule has 1 amide bonds. The van der Waals surface area contributed by atoms with Gasteiger partial charge < -0.3 is 10.1 Å². The summed E-state index contributed by atoms with van der Waals surface area (Å²) in [6.45, 7) is 2.38. The van der Waals surface area contributed by atoms with E-state index >= 15 is 0 Å². The molecule has 21 heavy (non-hydrogen) atoms. The van der Waals surface area contributed by atoms with E-state index in [1.165, 1.54) is 12.1 Å². The number of nitrogens with zero attached hydrogens (tertiary/aromatic N) is 1. The Hall–Kier alpha value is -1.46. The fourth-order valence-electron chi connectivity index (χ4n) is 2.26. The fraction of sp³-hybridized carbons (Fsp3) is 0.562. The van der Waals surface area contributed by atoms with Crippen LogP contribution in [0.1, 0.15) is 24.8 Å². The smallest absolute Gasteiger partial charge is 0.234 e. The molecule has 0 bridgehead atoms. The highest BCUT2D eigenvalue weighted by atomic mass is 19.1. The highest BCUT2D eigenvalue weighted by molar-refractivity contribution is 5.78. The molecule has 1 aliphatic carbocycles. The summed E-state index contributed by atoms with van der Waals surface area (Å²) in [4.78, 5) is 14.1. The van der Waals surface area contributed by atoms with Crippen LogP contribution in [0, 0.1) is 5.82 Å². The van der Waals surface area contributed by atoms with E-state index in [0.717, 1.165) is 24.8 Å². The van der Waals surface area contributed by atoms with Gasteiger partial charge in [-0.15, -0.1) is 0 Å². The Bertz CT molecular complexity index is 446. The van der Waals surface area contributed by atoms with E-state index in [0.29, 0.717) is 32.3 Å². The molecular formula is C16H23FN2O2. The largest absolute Gasteiger partial charge is 0.385 e. The minimum atomic E-state index is -0.229. The summed E-state index contributed by atoms with van der Waals surface area (Å²) >= 11 is 0. The normalized spacial score (nSPS) is 14.4. The molecule has 5 heteroatoms. The van der Waals surface area contributed by atoms with Crippen LogP contribution in [0.15, 0.2) is 24.3 Å².